The minimum atomic E-state index is -0.377. The zero-order valence-electron chi connectivity index (χ0n) is 16.5. The molecule has 0 bridgehead atoms. The second-order valence-corrected chi connectivity index (χ2v) is 7.38. The molecule has 1 heterocycles. The summed E-state index contributed by atoms with van der Waals surface area (Å²) >= 11 is 0. The molecule has 2 amide bonds. The predicted molar refractivity (Wildman–Crippen MR) is 114 cm³/mol. The van der Waals surface area contributed by atoms with Gasteiger partial charge in [0.2, 0.25) is 5.91 Å². The third-order valence-electron chi connectivity index (χ3n) is 5.01. The van der Waals surface area contributed by atoms with Gasteiger partial charge in [-0.25, -0.2) is 0 Å². The minimum Gasteiger partial charge on any atom is -0.344 e. The van der Waals surface area contributed by atoms with Crippen LogP contribution in [0.5, 0.6) is 0 Å². The van der Waals surface area contributed by atoms with E-state index in [9.17, 15) is 14.4 Å². The second kappa shape index (κ2) is 8.32. The number of carbonyl (C=O) groups excluding carboxylic acids is 2. The van der Waals surface area contributed by atoms with Crippen molar-refractivity contribution in [1.82, 2.24) is 15.1 Å². The van der Waals surface area contributed by atoms with E-state index in [4.69, 9.17) is 0 Å². The highest BCUT2D eigenvalue weighted by atomic mass is 16.2. The van der Waals surface area contributed by atoms with Crippen molar-refractivity contribution in [3.63, 3.8) is 0 Å². The van der Waals surface area contributed by atoms with E-state index in [0.29, 0.717) is 5.69 Å². The lowest BCUT2D eigenvalue weighted by atomic mass is 10.1. The smallest absolute Gasteiger partial charge is 0.272 e. The highest BCUT2D eigenvalue weighted by Gasteiger charge is 2.29. The van der Waals surface area contributed by atoms with Crippen molar-refractivity contribution in [3.05, 3.63) is 88.3 Å². The number of rotatable bonds is 6. The van der Waals surface area contributed by atoms with Gasteiger partial charge in [0.25, 0.3) is 11.5 Å². The van der Waals surface area contributed by atoms with Gasteiger partial charge in [0, 0.05) is 17.7 Å². The average Bonchev–Trinajstić information content (AvgIpc) is 3.60. The molecule has 0 aliphatic heterocycles. The third kappa shape index (κ3) is 4.46. The van der Waals surface area contributed by atoms with Gasteiger partial charge in [-0.05, 0) is 55.7 Å². The van der Waals surface area contributed by atoms with E-state index >= 15 is 0 Å². The Morgan fingerprint density at radius 2 is 1.70 bits per heavy atom. The van der Waals surface area contributed by atoms with Crippen LogP contribution in [0.4, 0.5) is 5.69 Å². The van der Waals surface area contributed by atoms with E-state index in [1.165, 1.54) is 16.8 Å². The summed E-state index contributed by atoms with van der Waals surface area (Å²) in [6.45, 7) is 1.86. The number of nitrogens with one attached hydrogen (secondary N) is 2. The summed E-state index contributed by atoms with van der Waals surface area (Å²) in [6.07, 6.45) is 1.91. The number of benzene rings is 2. The van der Waals surface area contributed by atoms with Crippen molar-refractivity contribution in [2.75, 3.05) is 5.32 Å². The molecule has 0 spiro atoms. The standard InChI is InChI=1S/C23H22N4O3/c1-15(16-9-11-18(12-10-16)25-22(29)17-7-8-17)24-23(30)20-13-14-21(28)27(26-20)19-5-3-2-4-6-19/h2-6,9-15,17H,7-8H2,1H3,(H,24,30)(H,25,29). The molecule has 1 saturated carbocycles. The van der Waals surface area contributed by atoms with Gasteiger partial charge in [0.05, 0.1) is 11.7 Å². The summed E-state index contributed by atoms with van der Waals surface area (Å²) in [5, 5.41) is 9.99. The number of nitrogens with zero attached hydrogens (tertiary/aromatic N) is 2. The lowest BCUT2D eigenvalue weighted by Crippen LogP contribution is -2.30. The molecule has 0 saturated heterocycles. The summed E-state index contributed by atoms with van der Waals surface area (Å²) in [5.41, 5.74) is 2.07. The lowest BCUT2D eigenvalue weighted by Gasteiger charge is -2.15. The summed E-state index contributed by atoms with van der Waals surface area (Å²) in [5.74, 6) is -0.170. The second-order valence-electron chi connectivity index (χ2n) is 7.38. The first-order chi connectivity index (χ1) is 14.5. The molecule has 1 aliphatic carbocycles. The van der Waals surface area contributed by atoms with Crippen molar-refractivity contribution in [2.24, 2.45) is 5.92 Å². The highest BCUT2D eigenvalue weighted by molar-refractivity contribution is 5.94. The molecule has 2 N–H and O–H groups in total. The van der Waals surface area contributed by atoms with Gasteiger partial charge in [-0.15, -0.1) is 0 Å². The molecule has 30 heavy (non-hydrogen) atoms. The number of anilines is 1. The van der Waals surface area contributed by atoms with Crippen molar-refractivity contribution in [3.8, 4) is 5.69 Å². The third-order valence-corrected chi connectivity index (χ3v) is 5.01. The topological polar surface area (TPSA) is 93.1 Å². The molecule has 7 nitrogen and oxygen atoms in total. The van der Waals surface area contributed by atoms with E-state index in [1.54, 1.807) is 24.3 Å². The van der Waals surface area contributed by atoms with Crippen LogP contribution in [-0.2, 0) is 4.79 Å². The Morgan fingerprint density at radius 1 is 1.00 bits per heavy atom. The zero-order valence-corrected chi connectivity index (χ0v) is 16.5. The molecule has 3 aromatic rings. The van der Waals surface area contributed by atoms with Gasteiger partial charge in [-0.1, -0.05) is 30.3 Å². The van der Waals surface area contributed by atoms with Gasteiger partial charge >= 0.3 is 0 Å². The van der Waals surface area contributed by atoms with Crippen LogP contribution in [0.25, 0.3) is 5.69 Å². The lowest BCUT2D eigenvalue weighted by molar-refractivity contribution is -0.117. The maximum Gasteiger partial charge on any atom is 0.272 e. The molecule has 1 atom stereocenters. The van der Waals surface area contributed by atoms with Crippen LogP contribution in [0.3, 0.4) is 0 Å². The first-order valence-electron chi connectivity index (χ1n) is 9.89. The molecular formula is C23H22N4O3. The fourth-order valence-electron chi connectivity index (χ4n) is 3.09. The Hall–Kier alpha value is -3.74. The highest BCUT2D eigenvalue weighted by Crippen LogP contribution is 2.30. The number of amides is 2. The van der Waals surface area contributed by atoms with E-state index in [1.807, 2.05) is 37.3 Å². The fraction of sp³-hybridized carbons (Fsp3) is 0.217. The van der Waals surface area contributed by atoms with Gasteiger partial charge in [0.15, 0.2) is 0 Å². The Kier molecular flexibility index (Phi) is 5.43. The Bertz CT molecular complexity index is 1120. The first-order valence-corrected chi connectivity index (χ1v) is 9.89. The minimum absolute atomic E-state index is 0.0590. The van der Waals surface area contributed by atoms with Crippen molar-refractivity contribution < 1.29 is 9.59 Å². The molecule has 7 heteroatoms. The summed E-state index contributed by atoms with van der Waals surface area (Å²) < 4.78 is 1.21. The Balaban J connectivity index is 1.44. The molecule has 1 unspecified atom stereocenters. The van der Waals surface area contributed by atoms with Crippen molar-refractivity contribution in [1.29, 1.82) is 0 Å². The monoisotopic (exact) mass is 402 g/mol. The van der Waals surface area contributed by atoms with E-state index < -0.39 is 0 Å². The van der Waals surface area contributed by atoms with E-state index in [0.717, 1.165) is 24.1 Å². The van der Waals surface area contributed by atoms with E-state index in [2.05, 4.69) is 15.7 Å². The molecular weight excluding hydrogens is 380 g/mol. The van der Waals surface area contributed by atoms with Crippen LogP contribution in [0.2, 0.25) is 0 Å². The SMILES string of the molecule is CC(NC(=O)c1ccc(=O)n(-c2ccccc2)n1)c1ccc(NC(=O)C2CC2)cc1. The summed E-state index contributed by atoms with van der Waals surface area (Å²) in [4.78, 5) is 36.7. The molecule has 2 aromatic carbocycles. The van der Waals surface area contributed by atoms with Gasteiger partial charge < -0.3 is 10.6 Å². The predicted octanol–water partition coefficient (Wildman–Crippen LogP) is 3.07. The van der Waals surface area contributed by atoms with Crippen LogP contribution in [0.1, 0.15) is 41.9 Å². The van der Waals surface area contributed by atoms with Gasteiger partial charge in [0.1, 0.15) is 5.69 Å². The number of hydrogen-bond acceptors (Lipinski definition) is 4. The number of hydrogen-bond donors (Lipinski definition) is 2. The van der Waals surface area contributed by atoms with Crippen molar-refractivity contribution in [2.45, 2.75) is 25.8 Å². The number of aromatic nitrogens is 2. The molecule has 152 valence electrons. The quantitative estimate of drug-likeness (QED) is 0.663. The van der Waals surface area contributed by atoms with Crippen LogP contribution in [0, 0.1) is 5.92 Å². The number of para-hydroxylation sites is 1. The maximum absolute atomic E-state index is 12.7. The average molecular weight is 402 g/mol. The molecule has 1 fully saturated rings. The largest absolute Gasteiger partial charge is 0.344 e. The maximum atomic E-state index is 12.7. The number of carbonyl (C=O) groups is 2. The summed E-state index contributed by atoms with van der Waals surface area (Å²) in [6, 6.07) is 18.8. The molecule has 0 radical (unpaired) electrons. The molecule has 1 aromatic heterocycles. The van der Waals surface area contributed by atoms with Gasteiger partial charge in [-0.3, -0.25) is 14.4 Å². The fourth-order valence-corrected chi connectivity index (χ4v) is 3.09. The molecule has 1 aliphatic rings. The Labute approximate surface area is 173 Å². The van der Waals surface area contributed by atoms with Gasteiger partial charge in [-0.2, -0.15) is 9.78 Å². The van der Waals surface area contributed by atoms with Crippen LogP contribution in [0.15, 0.2) is 71.5 Å². The van der Waals surface area contributed by atoms with E-state index in [-0.39, 0.29) is 35.0 Å². The summed E-state index contributed by atoms with van der Waals surface area (Å²) in [7, 11) is 0. The zero-order chi connectivity index (χ0) is 21.1. The van der Waals surface area contributed by atoms with Crippen LogP contribution >= 0.6 is 0 Å². The van der Waals surface area contributed by atoms with Crippen LogP contribution < -0.4 is 16.2 Å². The van der Waals surface area contributed by atoms with Crippen LogP contribution in [-0.4, -0.2) is 21.6 Å². The normalized spacial score (nSPS) is 14.0. The Morgan fingerprint density at radius 3 is 2.37 bits per heavy atom. The first kappa shape index (κ1) is 19.6. The molecule has 4 rings (SSSR count). The van der Waals surface area contributed by atoms with Crippen molar-refractivity contribution >= 4 is 17.5 Å².